The molecule has 0 amide bonds. The van der Waals surface area contributed by atoms with Gasteiger partial charge in [0, 0.05) is 24.1 Å². The van der Waals surface area contributed by atoms with E-state index in [0.717, 1.165) is 29.7 Å². The Labute approximate surface area is 124 Å². The van der Waals surface area contributed by atoms with Crippen LogP contribution in [-0.4, -0.2) is 29.3 Å². The van der Waals surface area contributed by atoms with Gasteiger partial charge in [0.25, 0.3) is 0 Å². The van der Waals surface area contributed by atoms with Crippen molar-refractivity contribution in [2.24, 2.45) is 0 Å². The molecular weight excluding hydrogens is 266 g/mol. The van der Waals surface area contributed by atoms with Crippen LogP contribution in [0.4, 0.5) is 0 Å². The number of carbonyl (C=O) groups excluding carboxylic acids is 1. The van der Waals surface area contributed by atoms with Crippen molar-refractivity contribution in [3.8, 4) is 11.1 Å². The van der Waals surface area contributed by atoms with Crippen LogP contribution in [0, 0.1) is 0 Å². The summed E-state index contributed by atoms with van der Waals surface area (Å²) >= 11 is 0. The molecule has 21 heavy (non-hydrogen) atoms. The Morgan fingerprint density at radius 3 is 2.43 bits per heavy atom. The Hall–Kier alpha value is -2.20. The third-order valence-electron chi connectivity index (χ3n) is 3.15. The second-order valence-corrected chi connectivity index (χ2v) is 4.66. The molecule has 0 unspecified atom stereocenters. The number of aryl methyl sites for hydroxylation is 1. The molecule has 0 atom stereocenters. The summed E-state index contributed by atoms with van der Waals surface area (Å²) in [5.74, 6) is -0.304. The van der Waals surface area contributed by atoms with E-state index in [1.54, 1.807) is 19.1 Å². The molecule has 0 spiro atoms. The minimum absolute atomic E-state index is 0.179. The fourth-order valence-electron chi connectivity index (χ4n) is 2.02. The molecule has 1 N–H and O–H groups in total. The number of benzene rings is 1. The summed E-state index contributed by atoms with van der Waals surface area (Å²) in [6.07, 6.45) is 3.31. The number of aliphatic hydroxyl groups excluding tert-OH is 1. The molecule has 0 fully saturated rings. The SMILES string of the molecule is CCOC(=O)c1ccc(-c2ccc(CCCO)nc2)cc1. The number of hydrogen-bond acceptors (Lipinski definition) is 4. The molecule has 0 saturated carbocycles. The van der Waals surface area contributed by atoms with Gasteiger partial charge in [-0.15, -0.1) is 0 Å². The number of hydrogen-bond donors (Lipinski definition) is 1. The lowest BCUT2D eigenvalue weighted by Crippen LogP contribution is -2.04. The zero-order valence-corrected chi connectivity index (χ0v) is 12.1. The third-order valence-corrected chi connectivity index (χ3v) is 3.15. The molecule has 0 bridgehead atoms. The highest BCUT2D eigenvalue weighted by Crippen LogP contribution is 2.19. The minimum atomic E-state index is -0.304. The first-order valence-electron chi connectivity index (χ1n) is 7.08. The first-order valence-corrected chi connectivity index (χ1v) is 7.08. The Kier molecular flexibility index (Phi) is 5.46. The summed E-state index contributed by atoms with van der Waals surface area (Å²) in [6.45, 7) is 2.34. The van der Waals surface area contributed by atoms with Crippen LogP contribution in [0.1, 0.15) is 29.4 Å². The van der Waals surface area contributed by atoms with Crippen LogP contribution in [-0.2, 0) is 11.2 Å². The second kappa shape index (κ2) is 7.55. The Morgan fingerprint density at radius 2 is 1.86 bits per heavy atom. The number of aromatic nitrogens is 1. The van der Waals surface area contributed by atoms with E-state index in [1.165, 1.54) is 0 Å². The fourth-order valence-corrected chi connectivity index (χ4v) is 2.02. The maximum atomic E-state index is 11.6. The van der Waals surface area contributed by atoms with Gasteiger partial charge >= 0.3 is 5.97 Å². The van der Waals surface area contributed by atoms with Crippen LogP contribution in [0.2, 0.25) is 0 Å². The van der Waals surface area contributed by atoms with E-state index < -0.39 is 0 Å². The predicted octanol–water partition coefficient (Wildman–Crippen LogP) is 2.85. The van der Waals surface area contributed by atoms with Gasteiger partial charge in [0.1, 0.15) is 0 Å². The van der Waals surface area contributed by atoms with Crippen molar-refractivity contribution < 1.29 is 14.6 Å². The number of rotatable bonds is 6. The van der Waals surface area contributed by atoms with Gasteiger partial charge in [-0.2, -0.15) is 0 Å². The van der Waals surface area contributed by atoms with Crippen molar-refractivity contribution in [1.29, 1.82) is 0 Å². The fraction of sp³-hybridized carbons (Fsp3) is 0.294. The van der Waals surface area contributed by atoms with Crippen LogP contribution in [0.5, 0.6) is 0 Å². The van der Waals surface area contributed by atoms with E-state index in [-0.39, 0.29) is 12.6 Å². The summed E-state index contributed by atoms with van der Waals surface area (Å²) in [5, 5.41) is 8.80. The van der Waals surface area contributed by atoms with Gasteiger partial charge in [-0.25, -0.2) is 4.79 Å². The van der Waals surface area contributed by atoms with Gasteiger partial charge < -0.3 is 9.84 Å². The Bertz CT molecular complexity index is 576. The van der Waals surface area contributed by atoms with E-state index in [1.807, 2.05) is 30.5 Å². The molecule has 4 heteroatoms. The number of pyridine rings is 1. The number of nitrogens with zero attached hydrogens (tertiary/aromatic N) is 1. The molecule has 2 aromatic rings. The van der Waals surface area contributed by atoms with Gasteiger partial charge in [-0.3, -0.25) is 4.98 Å². The van der Waals surface area contributed by atoms with E-state index in [4.69, 9.17) is 9.84 Å². The lowest BCUT2D eigenvalue weighted by atomic mass is 10.0. The molecule has 4 nitrogen and oxygen atoms in total. The average Bonchev–Trinajstić information content (AvgIpc) is 2.54. The van der Waals surface area contributed by atoms with Crippen molar-refractivity contribution >= 4 is 5.97 Å². The highest BCUT2D eigenvalue weighted by molar-refractivity contribution is 5.90. The number of carbonyl (C=O) groups is 1. The van der Waals surface area contributed by atoms with E-state index >= 15 is 0 Å². The van der Waals surface area contributed by atoms with Crippen molar-refractivity contribution in [3.05, 3.63) is 53.9 Å². The second-order valence-electron chi connectivity index (χ2n) is 4.66. The maximum absolute atomic E-state index is 11.6. The normalized spacial score (nSPS) is 10.4. The topological polar surface area (TPSA) is 59.4 Å². The third kappa shape index (κ3) is 4.13. The molecule has 0 aliphatic carbocycles. The summed E-state index contributed by atoms with van der Waals surface area (Å²) in [6, 6.07) is 11.2. The molecule has 0 radical (unpaired) electrons. The molecule has 110 valence electrons. The van der Waals surface area contributed by atoms with Crippen LogP contribution < -0.4 is 0 Å². The zero-order chi connectivity index (χ0) is 15.1. The molecule has 1 aromatic carbocycles. The van der Waals surface area contributed by atoms with Gasteiger partial charge in [-0.05, 0) is 43.5 Å². The molecule has 0 aliphatic rings. The highest BCUT2D eigenvalue weighted by atomic mass is 16.5. The Morgan fingerprint density at radius 1 is 1.14 bits per heavy atom. The molecular formula is C17H19NO3. The van der Waals surface area contributed by atoms with Gasteiger partial charge in [0.2, 0.25) is 0 Å². The smallest absolute Gasteiger partial charge is 0.338 e. The first kappa shape index (κ1) is 15.2. The lowest BCUT2D eigenvalue weighted by Gasteiger charge is -2.05. The monoisotopic (exact) mass is 285 g/mol. The van der Waals surface area contributed by atoms with Crippen molar-refractivity contribution in [3.63, 3.8) is 0 Å². The Balaban J connectivity index is 2.09. The van der Waals surface area contributed by atoms with Gasteiger partial charge in [-0.1, -0.05) is 18.2 Å². The minimum Gasteiger partial charge on any atom is -0.462 e. The summed E-state index contributed by atoms with van der Waals surface area (Å²) < 4.78 is 4.96. The van der Waals surface area contributed by atoms with E-state index in [0.29, 0.717) is 12.2 Å². The van der Waals surface area contributed by atoms with E-state index in [2.05, 4.69) is 4.98 Å². The maximum Gasteiger partial charge on any atom is 0.338 e. The van der Waals surface area contributed by atoms with Gasteiger partial charge in [0.15, 0.2) is 0 Å². The van der Waals surface area contributed by atoms with E-state index in [9.17, 15) is 4.79 Å². The summed E-state index contributed by atoms with van der Waals surface area (Å²) in [7, 11) is 0. The van der Waals surface area contributed by atoms with Crippen molar-refractivity contribution in [1.82, 2.24) is 4.98 Å². The predicted molar refractivity (Wildman–Crippen MR) is 81.0 cm³/mol. The van der Waals surface area contributed by atoms with Crippen LogP contribution in [0.15, 0.2) is 42.6 Å². The summed E-state index contributed by atoms with van der Waals surface area (Å²) in [5.41, 5.74) is 3.52. The highest BCUT2D eigenvalue weighted by Gasteiger charge is 2.06. The largest absolute Gasteiger partial charge is 0.462 e. The lowest BCUT2D eigenvalue weighted by molar-refractivity contribution is 0.0526. The molecule has 1 heterocycles. The molecule has 0 saturated heterocycles. The van der Waals surface area contributed by atoms with Gasteiger partial charge in [0.05, 0.1) is 12.2 Å². The average molecular weight is 285 g/mol. The van der Waals surface area contributed by atoms with Crippen LogP contribution >= 0.6 is 0 Å². The van der Waals surface area contributed by atoms with Crippen molar-refractivity contribution in [2.45, 2.75) is 19.8 Å². The molecule has 2 rings (SSSR count). The molecule has 0 aliphatic heterocycles. The molecule has 1 aromatic heterocycles. The van der Waals surface area contributed by atoms with Crippen molar-refractivity contribution in [2.75, 3.05) is 13.2 Å². The summed E-state index contributed by atoms with van der Waals surface area (Å²) in [4.78, 5) is 16.0. The number of aliphatic hydroxyl groups is 1. The zero-order valence-electron chi connectivity index (χ0n) is 12.1. The van der Waals surface area contributed by atoms with Crippen LogP contribution in [0.25, 0.3) is 11.1 Å². The number of esters is 1. The quantitative estimate of drug-likeness (QED) is 0.829. The number of ether oxygens (including phenoxy) is 1. The standard InChI is InChI=1S/C17H19NO3/c1-2-21-17(20)14-7-5-13(6-8-14)15-9-10-16(18-12-15)4-3-11-19/h5-10,12,19H,2-4,11H2,1H3. The van der Waals surface area contributed by atoms with Crippen LogP contribution in [0.3, 0.4) is 0 Å². The first-order chi connectivity index (χ1) is 10.2.